The summed E-state index contributed by atoms with van der Waals surface area (Å²) >= 11 is 0. The Balaban J connectivity index is 1.06. The van der Waals surface area contributed by atoms with Crippen LogP contribution in [0.25, 0.3) is 22.0 Å². The van der Waals surface area contributed by atoms with Gasteiger partial charge in [-0.3, -0.25) is 24.3 Å². The minimum absolute atomic E-state index is 0.110. The van der Waals surface area contributed by atoms with Crippen LogP contribution in [0.15, 0.2) is 119 Å². The highest BCUT2D eigenvalue weighted by molar-refractivity contribution is 6.12. The molecule has 0 aliphatic carbocycles. The van der Waals surface area contributed by atoms with Crippen LogP contribution in [-0.2, 0) is 26.6 Å². The van der Waals surface area contributed by atoms with Gasteiger partial charge < -0.3 is 24.5 Å². The number of anilines is 2. The first-order valence-corrected chi connectivity index (χ1v) is 17.2. The van der Waals surface area contributed by atoms with Crippen LogP contribution in [0.4, 0.5) is 11.4 Å². The molecule has 54 heavy (non-hydrogen) atoms. The van der Waals surface area contributed by atoms with Crippen molar-refractivity contribution in [2.75, 3.05) is 31.4 Å². The number of carbonyl (C=O) groups excluding carboxylic acids is 2. The normalized spacial score (nSPS) is 11.2. The number of nitrogens with zero attached hydrogens (tertiary/aromatic N) is 5. The Morgan fingerprint density at radius 3 is 2.35 bits per heavy atom. The average Bonchev–Trinajstić information content (AvgIpc) is 3.56. The van der Waals surface area contributed by atoms with Crippen molar-refractivity contribution in [3.05, 3.63) is 148 Å². The number of pyridine rings is 1. The lowest BCUT2D eigenvalue weighted by Gasteiger charge is -2.23. The second-order valence-corrected chi connectivity index (χ2v) is 12.7. The molecule has 3 heterocycles. The molecule has 7 aromatic rings. The molecule has 0 aliphatic heterocycles. The summed E-state index contributed by atoms with van der Waals surface area (Å²) < 4.78 is 18.4. The van der Waals surface area contributed by atoms with Crippen molar-refractivity contribution in [3.63, 3.8) is 0 Å². The van der Waals surface area contributed by atoms with Crippen LogP contribution in [0.1, 0.15) is 37.6 Å². The second kappa shape index (κ2) is 15.8. The van der Waals surface area contributed by atoms with Crippen molar-refractivity contribution in [2.45, 2.75) is 19.5 Å². The third kappa shape index (κ3) is 7.96. The highest BCUT2D eigenvalue weighted by Gasteiger charge is 2.21. The number of aryl methyl sites for hydroxylation is 1. The molecule has 272 valence electrons. The quantitative estimate of drug-likeness (QED) is 0.140. The van der Waals surface area contributed by atoms with E-state index in [4.69, 9.17) is 13.9 Å². The van der Waals surface area contributed by atoms with Gasteiger partial charge >= 0.3 is 0 Å². The molecule has 0 saturated heterocycles. The first-order chi connectivity index (χ1) is 26.3. The number of ether oxygens (including phenoxy) is 2. The fourth-order valence-electron chi connectivity index (χ4n) is 6.22. The summed E-state index contributed by atoms with van der Waals surface area (Å²) in [6.07, 6.45) is 4.41. The van der Waals surface area contributed by atoms with E-state index in [1.807, 2.05) is 49.6 Å². The predicted molar refractivity (Wildman–Crippen MR) is 205 cm³/mol. The molecule has 13 heteroatoms. The average molecular weight is 724 g/mol. The summed E-state index contributed by atoms with van der Waals surface area (Å²) in [5, 5.41) is 14.4. The Labute approximate surface area is 310 Å². The van der Waals surface area contributed by atoms with Crippen molar-refractivity contribution in [1.29, 1.82) is 0 Å². The summed E-state index contributed by atoms with van der Waals surface area (Å²) in [5.74, 6) is -0.834. The van der Waals surface area contributed by atoms with Gasteiger partial charge in [0, 0.05) is 56.9 Å². The molecule has 0 unspecified atom stereocenters. The van der Waals surface area contributed by atoms with E-state index in [0.717, 1.165) is 53.3 Å². The molecule has 7 rings (SSSR count). The molecule has 13 nitrogen and oxygen atoms in total. The molecular formula is C41H37N7O6. The third-order valence-corrected chi connectivity index (χ3v) is 9.01. The van der Waals surface area contributed by atoms with Crippen LogP contribution in [0.3, 0.4) is 0 Å². The van der Waals surface area contributed by atoms with Crippen molar-refractivity contribution in [3.8, 4) is 11.5 Å². The van der Waals surface area contributed by atoms with E-state index < -0.39 is 11.8 Å². The Hall–Kier alpha value is -6.86. The number of carbonyl (C=O) groups is 2. The summed E-state index contributed by atoms with van der Waals surface area (Å²) in [7, 11) is 4.78. The van der Waals surface area contributed by atoms with E-state index in [-0.39, 0.29) is 28.0 Å². The number of hydrogen-bond donors (Lipinski definition) is 2. The number of para-hydroxylation sites is 1. The highest BCUT2D eigenvalue weighted by Crippen LogP contribution is 2.34. The van der Waals surface area contributed by atoms with Gasteiger partial charge in [0.25, 0.3) is 11.8 Å². The molecule has 4 aromatic carbocycles. The Bertz CT molecular complexity index is 2520. The predicted octanol–water partition coefficient (Wildman–Crippen LogP) is 6.24. The monoisotopic (exact) mass is 723 g/mol. The summed E-state index contributed by atoms with van der Waals surface area (Å²) in [6, 6.07) is 28.6. The van der Waals surface area contributed by atoms with Crippen molar-refractivity contribution < 1.29 is 23.5 Å². The van der Waals surface area contributed by atoms with Gasteiger partial charge in [-0.1, -0.05) is 41.6 Å². The van der Waals surface area contributed by atoms with Gasteiger partial charge in [0.1, 0.15) is 11.1 Å². The van der Waals surface area contributed by atoms with Gasteiger partial charge in [0.2, 0.25) is 0 Å². The van der Waals surface area contributed by atoms with E-state index in [9.17, 15) is 14.4 Å². The van der Waals surface area contributed by atoms with E-state index in [2.05, 4.69) is 49.0 Å². The fourth-order valence-corrected chi connectivity index (χ4v) is 6.22. The molecule has 0 saturated carbocycles. The maximum atomic E-state index is 13.7. The molecule has 0 spiro atoms. The minimum Gasteiger partial charge on any atom is -0.493 e. The zero-order chi connectivity index (χ0) is 37.6. The molecule has 0 radical (unpaired) electrons. The zero-order valence-electron chi connectivity index (χ0n) is 29.9. The van der Waals surface area contributed by atoms with Crippen LogP contribution in [0.2, 0.25) is 0 Å². The van der Waals surface area contributed by atoms with Gasteiger partial charge in [-0.25, -0.2) is 4.68 Å². The van der Waals surface area contributed by atoms with Gasteiger partial charge in [0.05, 0.1) is 36.4 Å². The van der Waals surface area contributed by atoms with E-state index in [1.165, 1.54) is 26.4 Å². The molecule has 0 aliphatic rings. The number of amides is 2. The number of rotatable bonds is 13. The van der Waals surface area contributed by atoms with Gasteiger partial charge in [0.15, 0.2) is 22.7 Å². The number of methoxy groups -OCH3 is 2. The number of aromatic nitrogens is 4. The van der Waals surface area contributed by atoms with Gasteiger partial charge in [-0.15, -0.1) is 5.10 Å². The van der Waals surface area contributed by atoms with Gasteiger partial charge in [-0.2, -0.15) is 0 Å². The Morgan fingerprint density at radius 2 is 1.57 bits per heavy atom. The minimum atomic E-state index is -0.713. The number of benzene rings is 4. The Kier molecular flexibility index (Phi) is 10.4. The van der Waals surface area contributed by atoms with Crippen LogP contribution in [-0.4, -0.2) is 57.5 Å². The first kappa shape index (κ1) is 35.5. The maximum absolute atomic E-state index is 13.7. The SMILES string of the molecule is COc1cc(NC(=O)c2cc(=O)c3ccccc3o2)c(C(=O)Nc2ccc(CCN(Cc3cccnc3)Cc3ccc4c(c3)nnn4C)cc2)cc1OC. The number of fused-ring (bicyclic) bond motifs is 2. The van der Waals surface area contributed by atoms with E-state index in [0.29, 0.717) is 29.1 Å². The summed E-state index contributed by atoms with van der Waals surface area (Å²) in [6.45, 7) is 2.20. The third-order valence-electron chi connectivity index (χ3n) is 9.01. The molecule has 0 fully saturated rings. The van der Waals surface area contributed by atoms with Crippen LogP contribution >= 0.6 is 0 Å². The molecular weight excluding hydrogens is 686 g/mol. The van der Waals surface area contributed by atoms with Crippen molar-refractivity contribution >= 4 is 45.2 Å². The lowest BCUT2D eigenvalue weighted by Crippen LogP contribution is -2.25. The van der Waals surface area contributed by atoms with Crippen LogP contribution < -0.4 is 25.5 Å². The van der Waals surface area contributed by atoms with Crippen LogP contribution in [0.5, 0.6) is 11.5 Å². The first-order valence-electron chi connectivity index (χ1n) is 17.2. The number of hydrogen-bond acceptors (Lipinski definition) is 10. The highest BCUT2D eigenvalue weighted by atomic mass is 16.5. The molecule has 2 N–H and O–H groups in total. The molecule has 2 amide bonds. The standard InChI is InChI=1S/C41H37N7O6/c1-47-34-15-12-27(19-33(34)45-46-47)24-48(25-28-7-6-17-42-23-28)18-16-26-10-13-29(14-11-26)43-40(50)31-20-37(52-2)38(53-3)21-32(31)44-41(51)39-22-35(49)30-8-4-5-9-36(30)54-39/h4-15,17,19-23H,16,18,24-25H2,1-3H3,(H,43,50)(H,44,51). The lowest BCUT2D eigenvalue weighted by atomic mass is 10.1. The van der Waals surface area contributed by atoms with E-state index in [1.54, 1.807) is 35.1 Å². The lowest BCUT2D eigenvalue weighted by molar-refractivity contribution is 0.0997. The maximum Gasteiger partial charge on any atom is 0.291 e. The van der Waals surface area contributed by atoms with Crippen molar-refractivity contribution in [1.82, 2.24) is 24.9 Å². The van der Waals surface area contributed by atoms with Gasteiger partial charge in [-0.05, 0) is 71.6 Å². The fraction of sp³-hybridized carbons (Fsp3) is 0.171. The number of nitrogens with one attached hydrogen (secondary N) is 2. The smallest absolute Gasteiger partial charge is 0.291 e. The summed E-state index contributed by atoms with van der Waals surface area (Å²) in [5.41, 5.74) is 5.88. The molecule has 0 bridgehead atoms. The van der Waals surface area contributed by atoms with E-state index >= 15 is 0 Å². The second-order valence-electron chi connectivity index (χ2n) is 12.7. The molecule has 3 aromatic heterocycles. The van der Waals surface area contributed by atoms with Crippen LogP contribution in [0, 0.1) is 0 Å². The topological polar surface area (TPSA) is 154 Å². The zero-order valence-corrected chi connectivity index (χ0v) is 29.9. The van der Waals surface area contributed by atoms with Crippen molar-refractivity contribution in [2.24, 2.45) is 7.05 Å². The molecule has 0 atom stereocenters. The Morgan fingerprint density at radius 1 is 0.815 bits per heavy atom. The largest absolute Gasteiger partial charge is 0.493 e. The summed E-state index contributed by atoms with van der Waals surface area (Å²) in [4.78, 5) is 46.4.